The van der Waals surface area contributed by atoms with Gasteiger partial charge in [-0.1, -0.05) is 0 Å². The van der Waals surface area contributed by atoms with Gasteiger partial charge in [0.2, 0.25) is 5.91 Å². The number of likely N-dealkylation sites (N-methyl/N-ethyl adjacent to an activating group) is 1. The van der Waals surface area contributed by atoms with Gasteiger partial charge >= 0.3 is 0 Å². The molecule has 0 aliphatic carbocycles. The molecule has 0 bridgehead atoms. The fraction of sp³-hybridized carbons (Fsp3) is 0.273. The van der Waals surface area contributed by atoms with E-state index < -0.39 is 5.91 Å². The molecule has 0 aromatic heterocycles. The summed E-state index contributed by atoms with van der Waals surface area (Å²) < 4.78 is 0. The molecular formula is C11H16N4O2. The first kappa shape index (κ1) is 12.8. The summed E-state index contributed by atoms with van der Waals surface area (Å²) >= 11 is 0. The third-order valence-corrected chi connectivity index (χ3v) is 2.12. The molecule has 0 aliphatic heterocycles. The van der Waals surface area contributed by atoms with Crippen molar-refractivity contribution < 1.29 is 9.59 Å². The molecule has 1 rings (SSSR count). The Bertz CT molecular complexity index is 431. The van der Waals surface area contributed by atoms with Crippen LogP contribution in [0.5, 0.6) is 0 Å². The number of carbonyl (C=O) groups excluding carboxylic acids is 2. The highest BCUT2D eigenvalue weighted by molar-refractivity contribution is 5.99. The van der Waals surface area contributed by atoms with Gasteiger partial charge in [0, 0.05) is 17.9 Å². The number of nitrogens with one attached hydrogen (secondary N) is 2. The lowest BCUT2D eigenvalue weighted by Crippen LogP contribution is -2.30. The van der Waals surface area contributed by atoms with E-state index in [-0.39, 0.29) is 18.0 Å². The molecule has 1 aromatic carbocycles. The molecule has 2 amide bonds. The van der Waals surface area contributed by atoms with Gasteiger partial charge in [-0.3, -0.25) is 9.59 Å². The van der Waals surface area contributed by atoms with E-state index in [1.807, 2.05) is 6.92 Å². The van der Waals surface area contributed by atoms with Crippen LogP contribution in [0, 0.1) is 0 Å². The smallest absolute Gasteiger partial charge is 0.250 e. The molecule has 0 fully saturated rings. The van der Waals surface area contributed by atoms with Crippen LogP contribution in [0.4, 0.5) is 11.4 Å². The first-order chi connectivity index (χ1) is 8.04. The number of anilines is 2. The number of amides is 2. The second kappa shape index (κ2) is 5.74. The Balaban J connectivity index is 2.77. The number of carbonyl (C=O) groups is 2. The number of hydrogen-bond acceptors (Lipinski definition) is 4. The third kappa shape index (κ3) is 3.67. The van der Waals surface area contributed by atoms with Crippen molar-refractivity contribution in [2.45, 2.75) is 6.92 Å². The molecule has 1 aromatic rings. The van der Waals surface area contributed by atoms with Gasteiger partial charge in [-0.2, -0.15) is 0 Å². The molecular weight excluding hydrogens is 220 g/mol. The van der Waals surface area contributed by atoms with Gasteiger partial charge in [-0.05, 0) is 25.1 Å². The Morgan fingerprint density at radius 1 is 1.35 bits per heavy atom. The van der Waals surface area contributed by atoms with Crippen LogP contribution in [0.15, 0.2) is 18.2 Å². The molecule has 17 heavy (non-hydrogen) atoms. The number of primary amides is 1. The highest BCUT2D eigenvalue weighted by Gasteiger charge is 2.09. The standard InChI is InChI=1S/C11H16N4O2/c1-2-14-10(16)6-15-9-4-3-7(12)5-8(9)11(13)17/h3-5,15H,2,6,12H2,1H3,(H2,13,17)(H,14,16). The first-order valence-corrected chi connectivity index (χ1v) is 5.24. The Labute approximate surface area is 99.4 Å². The van der Waals surface area contributed by atoms with Crippen LogP contribution < -0.4 is 22.1 Å². The van der Waals surface area contributed by atoms with Crippen LogP contribution in [0.3, 0.4) is 0 Å². The normalized spacial score (nSPS) is 9.71. The van der Waals surface area contributed by atoms with Gasteiger partial charge in [0.1, 0.15) is 0 Å². The minimum atomic E-state index is -0.587. The van der Waals surface area contributed by atoms with E-state index in [9.17, 15) is 9.59 Å². The Kier molecular flexibility index (Phi) is 4.33. The van der Waals surface area contributed by atoms with Gasteiger partial charge in [0.15, 0.2) is 0 Å². The van der Waals surface area contributed by atoms with E-state index in [0.29, 0.717) is 17.9 Å². The summed E-state index contributed by atoms with van der Waals surface area (Å²) in [6.45, 7) is 2.47. The van der Waals surface area contributed by atoms with Crippen LogP contribution in [0.2, 0.25) is 0 Å². The topological polar surface area (TPSA) is 110 Å². The molecule has 0 saturated carbocycles. The van der Waals surface area contributed by atoms with Crippen molar-refractivity contribution in [3.8, 4) is 0 Å². The zero-order chi connectivity index (χ0) is 12.8. The molecule has 6 N–H and O–H groups in total. The second-order valence-electron chi connectivity index (χ2n) is 3.48. The van der Waals surface area contributed by atoms with Crippen molar-refractivity contribution in [3.63, 3.8) is 0 Å². The molecule has 6 nitrogen and oxygen atoms in total. The van der Waals surface area contributed by atoms with Crippen molar-refractivity contribution in [1.29, 1.82) is 0 Å². The van der Waals surface area contributed by atoms with Crippen LogP contribution >= 0.6 is 0 Å². The highest BCUT2D eigenvalue weighted by atomic mass is 16.2. The quantitative estimate of drug-likeness (QED) is 0.536. The molecule has 92 valence electrons. The summed E-state index contributed by atoms with van der Waals surface area (Å²) in [6, 6.07) is 4.73. The monoisotopic (exact) mass is 236 g/mol. The molecule has 6 heteroatoms. The van der Waals surface area contributed by atoms with Crippen molar-refractivity contribution in [1.82, 2.24) is 5.32 Å². The van der Waals surface area contributed by atoms with Crippen LogP contribution in [0.1, 0.15) is 17.3 Å². The summed E-state index contributed by atoms with van der Waals surface area (Å²) in [6.07, 6.45) is 0. The Morgan fingerprint density at radius 2 is 2.06 bits per heavy atom. The van der Waals surface area contributed by atoms with Crippen LogP contribution in [0.25, 0.3) is 0 Å². The minimum absolute atomic E-state index is 0.0814. The highest BCUT2D eigenvalue weighted by Crippen LogP contribution is 2.17. The lowest BCUT2D eigenvalue weighted by atomic mass is 10.1. The van der Waals surface area contributed by atoms with E-state index in [2.05, 4.69) is 10.6 Å². The third-order valence-electron chi connectivity index (χ3n) is 2.12. The summed E-state index contributed by atoms with van der Waals surface area (Å²) in [5.41, 5.74) is 12.0. The summed E-state index contributed by atoms with van der Waals surface area (Å²) in [5.74, 6) is -0.740. The predicted octanol–water partition coefficient (Wildman–Crippen LogP) is -0.0843. The average molecular weight is 236 g/mol. The molecule has 0 spiro atoms. The number of benzene rings is 1. The maximum absolute atomic E-state index is 11.2. The predicted molar refractivity (Wildman–Crippen MR) is 66.5 cm³/mol. The van der Waals surface area contributed by atoms with Gasteiger partial charge < -0.3 is 22.1 Å². The van der Waals surface area contributed by atoms with Crippen LogP contribution in [-0.2, 0) is 4.79 Å². The number of hydrogen-bond donors (Lipinski definition) is 4. The zero-order valence-electron chi connectivity index (χ0n) is 9.62. The summed E-state index contributed by atoms with van der Waals surface area (Å²) in [4.78, 5) is 22.4. The molecule has 0 saturated heterocycles. The number of nitrogen functional groups attached to an aromatic ring is 1. The molecule has 0 radical (unpaired) electrons. The van der Waals surface area contributed by atoms with E-state index in [1.165, 1.54) is 6.07 Å². The lowest BCUT2D eigenvalue weighted by molar-refractivity contribution is -0.119. The van der Waals surface area contributed by atoms with E-state index in [1.54, 1.807) is 12.1 Å². The van der Waals surface area contributed by atoms with Gasteiger partial charge in [0.25, 0.3) is 5.91 Å². The maximum atomic E-state index is 11.2. The molecule has 0 unspecified atom stereocenters. The van der Waals surface area contributed by atoms with Gasteiger partial charge in [-0.15, -0.1) is 0 Å². The fourth-order valence-electron chi connectivity index (χ4n) is 1.36. The lowest BCUT2D eigenvalue weighted by Gasteiger charge is -2.10. The van der Waals surface area contributed by atoms with Gasteiger partial charge in [0.05, 0.1) is 12.1 Å². The molecule has 0 aliphatic rings. The van der Waals surface area contributed by atoms with Crippen molar-refractivity contribution in [3.05, 3.63) is 23.8 Å². The molecule has 0 heterocycles. The Hall–Kier alpha value is -2.24. The van der Waals surface area contributed by atoms with Gasteiger partial charge in [-0.25, -0.2) is 0 Å². The maximum Gasteiger partial charge on any atom is 0.250 e. The molecule has 0 atom stereocenters. The van der Waals surface area contributed by atoms with Crippen molar-refractivity contribution >= 4 is 23.2 Å². The minimum Gasteiger partial charge on any atom is -0.399 e. The summed E-state index contributed by atoms with van der Waals surface area (Å²) in [7, 11) is 0. The Morgan fingerprint density at radius 3 is 2.65 bits per heavy atom. The second-order valence-corrected chi connectivity index (χ2v) is 3.48. The zero-order valence-corrected chi connectivity index (χ0v) is 9.62. The van der Waals surface area contributed by atoms with Crippen molar-refractivity contribution in [2.24, 2.45) is 5.73 Å². The average Bonchev–Trinajstić information content (AvgIpc) is 2.27. The first-order valence-electron chi connectivity index (χ1n) is 5.24. The SMILES string of the molecule is CCNC(=O)CNc1ccc(N)cc1C(N)=O. The van der Waals surface area contributed by atoms with E-state index in [0.717, 1.165) is 0 Å². The fourth-order valence-corrected chi connectivity index (χ4v) is 1.36. The number of rotatable bonds is 5. The van der Waals surface area contributed by atoms with E-state index >= 15 is 0 Å². The van der Waals surface area contributed by atoms with E-state index in [4.69, 9.17) is 11.5 Å². The van der Waals surface area contributed by atoms with Crippen molar-refractivity contribution in [2.75, 3.05) is 24.1 Å². The largest absolute Gasteiger partial charge is 0.399 e. The van der Waals surface area contributed by atoms with Crippen LogP contribution in [-0.4, -0.2) is 24.9 Å². The number of nitrogens with two attached hydrogens (primary N) is 2. The summed E-state index contributed by atoms with van der Waals surface area (Å²) in [5, 5.41) is 5.47.